The number of hydrogen-bond acceptors (Lipinski definition) is 4. The number of ether oxygens (including phenoxy) is 1. The van der Waals surface area contributed by atoms with Crippen LogP contribution < -0.4 is 14.5 Å². The van der Waals surface area contributed by atoms with Gasteiger partial charge in [0.1, 0.15) is 17.1 Å². The van der Waals surface area contributed by atoms with Gasteiger partial charge in [-0.1, -0.05) is 77.9 Å². The van der Waals surface area contributed by atoms with Gasteiger partial charge in [0.25, 0.3) is 0 Å². The molecule has 5 nitrogen and oxygen atoms in total. The van der Waals surface area contributed by atoms with E-state index in [1.54, 1.807) is 0 Å². The molecule has 0 saturated heterocycles. The molecular formula is C40H40N4O. The lowest BCUT2D eigenvalue weighted by Gasteiger charge is -2.29. The highest BCUT2D eigenvalue weighted by molar-refractivity contribution is 6.07. The molecule has 0 amide bonds. The number of rotatable bonds is 5. The lowest BCUT2D eigenvalue weighted by Crippen LogP contribution is -2.26. The predicted molar refractivity (Wildman–Crippen MR) is 188 cm³/mol. The van der Waals surface area contributed by atoms with Gasteiger partial charge < -0.3 is 14.5 Å². The fraction of sp³-hybridized carbons (Fsp3) is 0.225. The van der Waals surface area contributed by atoms with Crippen LogP contribution in [0.3, 0.4) is 0 Å². The van der Waals surface area contributed by atoms with Crippen LogP contribution in [0.2, 0.25) is 0 Å². The number of para-hydroxylation sites is 1. The Kier molecular flexibility index (Phi) is 6.92. The van der Waals surface area contributed by atoms with Gasteiger partial charge >= 0.3 is 0 Å². The topological polar surface area (TPSA) is 33.5 Å². The molecule has 0 radical (unpaired) electrons. The third kappa shape index (κ3) is 5.55. The minimum Gasteiger partial charge on any atom is -0.457 e. The smallest absolute Gasteiger partial charge is 0.145 e. The minimum absolute atomic E-state index is 0.0696. The summed E-state index contributed by atoms with van der Waals surface area (Å²) < 4.78 is 8.67. The van der Waals surface area contributed by atoms with Crippen molar-refractivity contribution in [1.82, 2.24) is 9.55 Å². The van der Waals surface area contributed by atoms with Crippen molar-refractivity contribution in [3.63, 3.8) is 0 Å². The molecule has 3 heterocycles. The summed E-state index contributed by atoms with van der Waals surface area (Å²) in [6, 6.07) is 36.1. The normalized spacial score (nSPS) is 13.7. The van der Waals surface area contributed by atoms with Crippen LogP contribution in [0.15, 0.2) is 122 Å². The second-order valence-electron chi connectivity index (χ2n) is 14.0. The van der Waals surface area contributed by atoms with Crippen LogP contribution in [0.4, 0.5) is 11.4 Å². The van der Waals surface area contributed by atoms with Crippen molar-refractivity contribution < 1.29 is 4.74 Å². The van der Waals surface area contributed by atoms with Gasteiger partial charge in [0.05, 0.1) is 17.9 Å². The Morgan fingerprint density at radius 2 is 1.18 bits per heavy atom. The van der Waals surface area contributed by atoms with Gasteiger partial charge in [0.15, 0.2) is 0 Å². The number of fused-ring (bicyclic) bond motifs is 3. The summed E-state index contributed by atoms with van der Waals surface area (Å²) in [7, 11) is 0. The highest BCUT2D eigenvalue weighted by atomic mass is 16.5. The van der Waals surface area contributed by atoms with Crippen LogP contribution in [-0.2, 0) is 10.8 Å². The van der Waals surface area contributed by atoms with E-state index in [-0.39, 0.29) is 10.8 Å². The molecule has 0 N–H and O–H groups in total. The molecule has 6 aromatic rings. The van der Waals surface area contributed by atoms with Crippen molar-refractivity contribution in [2.24, 2.45) is 0 Å². The maximum absolute atomic E-state index is 6.46. The van der Waals surface area contributed by atoms with E-state index in [1.165, 1.54) is 22.2 Å². The molecule has 4 aromatic carbocycles. The lowest BCUT2D eigenvalue weighted by atomic mass is 9.80. The molecule has 0 spiro atoms. The molecule has 0 atom stereocenters. The van der Waals surface area contributed by atoms with Crippen molar-refractivity contribution in [1.29, 1.82) is 0 Å². The molecule has 2 aromatic heterocycles. The van der Waals surface area contributed by atoms with Gasteiger partial charge in [-0.15, -0.1) is 0 Å². The van der Waals surface area contributed by atoms with E-state index >= 15 is 0 Å². The Balaban J connectivity index is 1.14. The number of nitrogens with zero attached hydrogens (tertiary/aromatic N) is 4. The largest absolute Gasteiger partial charge is 0.457 e. The third-order valence-electron chi connectivity index (χ3n) is 8.61. The fourth-order valence-electron chi connectivity index (χ4n) is 6.00. The first kappa shape index (κ1) is 28.7. The molecule has 0 unspecified atom stereocenters. The van der Waals surface area contributed by atoms with E-state index in [9.17, 15) is 0 Å². The Hall–Kier alpha value is -5.03. The zero-order valence-corrected chi connectivity index (χ0v) is 27.0. The maximum Gasteiger partial charge on any atom is 0.145 e. The quantitative estimate of drug-likeness (QED) is 0.199. The monoisotopic (exact) mass is 592 g/mol. The standard InChI is InChI=1S/C40H40N4O/c1-39(2,3)28-22-29(40(4,5)6)24-32(23-28)43-21-20-42(27-43)30-12-9-14-33(25-30)45-34-15-10-13-31(26-34)44-37-18-8-7-16-35(37)36-17-11-19-41-38(36)44/h7-26H,27H2,1-6H3. The summed E-state index contributed by atoms with van der Waals surface area (Å²) in [5.74, 6) is 1.57. The van der Waals surface area contributed by atoms with Crippen molar-refractivity contribution >= 4 is 33.3 Å². The molecule has 5 heteroatoms. The van der Waals surface area contributed by atoms with Gasteiger partial charge in [-0.2, -0.15) is 0 Å². The van der Waals surface area contributed by atoms with Gasteiger partial charge in [0.2, 0.25) is 0 Å². The van der Waals surface area contributed by atoms with Gasteiger partial charge in [-0.05, 0) is 76.6 Å². The molecule has 0 fully saturated rings. The second-order valence-corrected chi connectivity index (χ2v) is 14.0. The number of anilines is 2. The molecule has 45 heavy (non-hydrogen) atoms. The van der Waals surface area contributed by atoms with Gasteiger partial charge in [-0.25, -0.2) is 4.98 Å². The molecular weight excluding hydrogens is 552 g/mol. The van der Waals surface area contributed by atoms with Crippen molar-refractivity contribution in [3.05, 3.63) is 133 Å². The van der Waals surface area contributed by atoms with Crippen LogP contribution in [0.1, 0.15) is 52.7 Å². The molecule has 0 saturated carbocycles. The molecule has 7 rings (SSSR count). The molecule has 226 valence electrons. The van der Waals surface area contributed by atoms with Gasteiger partial charge in [0, 0.05) is 52.9 Å². The predicted octanol–water partition coefficient (Wildman–Crippen LogP) is 10.3. The molecule has 0 aliphatic carbocycles. The number of benzene rings is 4. The average molecular weight is 593 g/mol. The van der Waals surface area contributed by atoms with E-state index in [0.29, 0.717) is 0 Å². The van der Waals surface area contributed by atoms with Crippen molar-refractivity contribution in [2.75, 3.05) is 16.5 Å². The summed E-state index contributed by atoms with van der Waals surface area (Å²) >= 11 is 0. The second kappa shape index (κ2) is 10.8. The summed E-state index contributed by atoms with van der Waals surface area (Å²) in [5, 5.41) is 2.33. The first-order chi connectivity index (χ1) is 21.5. The SMILES string of the molecule is CC(C)(C)c1cc(N2C=CN(c3cccc(Oc4cccc(-n5c6ccccc6c6cccnc65)c4)c3)C2)cc(C(C)(C)C)c1. The number of aromatic nitrogens is 2. The average Bonchev–Trinajstić information content (AvgIpc) is 3.64. The van der Waals surface area contributed by atoms with E-state index < -0.39 is 0 Å². The zero-order chi connectivity index (χ0) is 31.3. The summed E-state index contributed by atoms with van der Waals surface area (Å²) in [5.41, 5.74) is 8.22. The van der Waals surface area contributed by atoms with E-state index in [0.717, 1.165) is 46.1 Å². The van der Waals surface area contributed by atoms with Crippen LogP contribution in [0.25, 0.3) is 27.6 Å². The maximum atomic E-state index is 6.46. The van der Waals surface area contributed by atoms with E-state index in [1.807, 2.05) is 30.5 Å². The number of pyridine rings is 1. The van der Waals surface area contributed by atoms with E-state index in [4.69, 9.17) is 9.72 Å². The number of hydrogen-bond donors (Lipinski definition) is 0. The Morgan fingerprint density at radius 1 is 0.578 bits per heavy atom. The Bertz CT molecular complexity index is 1970. The first-order valence-electron chi connectivity index (χ1n) is 15.6. The Labute approximate surface area is 266 Å². The lowest BCUT2D eigenvalue weighted by molar-refractivity contribution is 0.482. The summed E-state index contributed by atoms with van der Waals surface area (Å²) in [4.78, 5) is 9.31. The van der Waals surface area contributed by atoms with Crippen LogP contribution in [0.5, 0.6) is 11.5 Å². The zero-order valence-electron chi connectivity index (χ0n) is 27.0. The highest BCUT2D eigenvalue weighted by Crippen LogP contribution is 2.36. The van der Waals surface area contributed by atoms with Crippen LogP contribution in [-0.4, -0.2) is 16.2 Å². The Morgan fingerprint density at radius 3 is 1.87 bits per heavy atom. The van der Waals surface area contributed by atoms with Crippen LogP contribution >= 0.6 is 0 Å². The van der Waals surface area contributed by atoms with Crippen LogP contribution in [0, 0.1) is 0 Å². The fourth-order valence-corrected chi connectivity index (χ4v) is 6.00. The van der Waals surface area contributed by atoms with Gasteiger partial charge in [-0.3, -0.25) is 4.57 Å². The summed E-state index contributed by atoms with van der Waals surface area (Å²) in [6.07, 6.45) is 6.17. The highest BCUT2D eigenvalue weighted by Gasteiger charge is 2.24. The minimum atomic E-state index is 0.0696. The molecule has 1 aliphatic rings. The van der Waals surface area contributed by atoms with Crippen molar-refractivity contribution in [3.8, 4) is 17.2 Å². The van der Waals surface area contributed by atoms with Crippen molar-refractivity contribution in [2.45, 2.75) is 52.4 Å². The third-order valence-corrected chi connectivity index (χ3v) is 8.61. The van der Waals surface area contributed by atoms with E-state index in [2.05, 4.69) is 147 Å². The summed E-state index contributed by atoms with van der Waals surface area (Å²) in [6.45, 7) is 14.4. The molecule has 1 aliphatic heterocycles. The molecule has 0 bridgehead atoms. The first-order valence-corrected chi connectivity index (χ1v) is 15.6.